The molecule has 5 atom stereocenters. The first-order chi connectivity index (χ1) is 24.0. The normalized spacial score (nSPS) is 24.0. The number of Topliss-reactive ketones (excluding diaryl/α,β-unsaturated/α-hetero) is 3. The van der Waals surface area contributed by atoms with E-state index in [1.807, 2.05) is 75.2 Å². The molecule has 3 aromatic rings. The van der Waals surface area contributed by atoms with E-state index in [2.05, 4.69) is 5.16 Å². The Kier molecular flexibility index (Phi) is 9.37. The number of amides is 1. The van der Waals surface area contributed by atoms with Gasteiger partial charge in [-0.05, 0) is 79.5 Å². The van der Waals surface area contributed by atoms with E-state index < -0.39 is 46.4 Å². The number of aromatic nitrogens is 2. The molecule has 272 valence electrons. The lowest BCUT2D eigenvalue weighted by Gasteiger charge is -2.52. The molecule has 3 aliphatic carbocycles. The Balaban J connectivity index is 1.55. The van der Waals surface area contributed by atoms with E-state index >= 15 is 4.79 Å². The van der Waals surface area contributed by atoms with Crippen LogP contribution in [0.2, 0.25) is 0 Å². The Bertz CT molecular complexity index is 1880. The second-order valence-electron chi connectivity index (χ2n) is 15.7. The Morgan fingerprint density at radius 3 is 2.33 bits per heavy atom. The molecule has 3 aliphatic rings. The number of hydrogen-bond acceptors (Lipinski definition) is 11. The van der Waals surface area contributed by atoms with Gasteiger partial charge in [0.05, 0.1) is 34.2 Å². The van der Waals surface area contributed by atoms with Crippen molar-refractivity contribution in [2.45, 2.75) is 79.1 Å². The van der Waals surface area contributed by atoms with Crippen LogP contribution in [0.25, 0.3) is 0 Å². The highest BCUT2D eigenvalue weighted by Gasteiger charge is 2.65. The van der Waals surface area contributed by atoms with Gasteiger partial charge in [-0.1, -0.05) is 42.4 Å². The van der Waals surface area contributed by atoms with E-state index in [-0.39, 0.29) is 42.1 Å². The number of carbonyl (C=O) groups is 4. The highest BCUT2D eigenvalue weighted by molar-refractivity contribution is 6.25. The third kappa shape index (κ3) is 6.00. The van der Waals surface area contributed by atoms with Crippen molar-refractivity contribution in [1.82, 2.24) is 15.0 Å². The number of aryl methyl sites for hydroxylation is 1. The molecule has 6 rings (SSSR count). The van der Waals surface area contributed by atoms with Gasteiger partial charge in [0.15, 0.2) is 34.7 Å². The summed E-state index contributed by atoms with van der Waals surface area (Å²) in [5.41, 5.74) is 0.186. The number of pyridine rings is 1. The number of nitrogens with zero attached hydrogens (tertiary/aromatic N) is 5. The maximum Gasteiger partial charge on any atom is 0.416 e. The fraction of sp³-hybridized carbons (Fsp3) is 0.538. The lowest BCUT2D eigenvalue weighted by atomic mass is 9.49. The minimum absolute atomic E-state index is 0.0885. The van der Waals surface area contributed by atoms with Gasteiger partial charge < -0.3 is 18.9 Å². The summed E-state index contributed by atoms with van der Waals surface area (Å²) < 4.78 is 18.1. The molecule has 1 fully saturated rings. The predicted molar refractivity (Wildman–Crippen MR) is 191 cm³/mol. The first-order valence-corrected chi connectivity index (χ1v) is 17.7. The van der Waals surface area contributed by atoms with Gasteiger partial charge in [0.1, 0.15) is 18.0 Å². The molecule has 0 spiro atoms. The summed E-state index contributed by atoms with van der Waals surface area (Å²) in [5, 5.41) is 4.13. The SMILES string of the molecule is CCCN(C(=O)OC(C)(C)C)c1nc(N(C)C)c2c(c1OCc1ccccc1)C(=O)C1C(=O)C3(C)C(=O)c4c(C)noc4C(N(C)C)C3CC1C2. The molecular formula is C39H49N5O7. The highest BCUT2D eigenvalue weighted by atomic mass is 16.6. The van der Waals surface area contributed by atoms with Crippen LogP contribution in [0.1, 0.15) is 96.8 Å². The zero-order chi connectivity index (χ0) is 37.2. The molecule has 0 bridgehead atoms. The first kappa shape index (κ1) is 36.2. The van der Waals surface area contributed by atoms with Crippen molar-refractivity contribution in [3.63, 3.8) is 0 Å². The van der Waals surface area contributed by atoms with Crippen LogP contribution in [0, 0.1) is 30.1 Å². The van der Waals surface area contributed by atoms with Crippen molar-refractivity contribution >= 4 is 35.1 Å². The van der Waals surface area contributed by atoms with Crippen molar-refractivity contribution in [2.75, 3.05) is 44.5 Å². The molecule has 1 saturated carbocycles. The summed E-state index contributed by atoms with van der Waals surface area (Å²) >= 11 is 0. The zero-order valence-corrected chi connectivity index (χ0v) is 31.3. The highest BCUT2D eigenvalue weighted by Crippen LogP contribution is 2.59. The van der Waals surface area contributed by atoms with Crippen LogP contribution in [0.4, 0.5) is 16.4 Å². The maximum absolute atomic E-state index is 15.2. The summed E-state index contributed by atoms with van der Waals surface area (Å²) in [4.78, 5) is 68.6. The van der Waals surface area contributed by atoms with Crippen molar-refractivity contribution in [3.8, 4) is 5.75 Å². The van der Waals surface area contributed by atoms with Gasteiger partial charge in [0.25, 0.3) is 0 Å². The van der Waals surface area contributed by atoms with Crippen molar-refractivity contribution in [3.05, 3.63) is 64.0 Å². The number of hydrogen-bond donors (Lipinski definition) is 0. The van der Waals surface area contributed by atoms with Gasteiger partial charge in [-0.2, -0.15) is 0 Å². The van der Waals surface area contributed by atoms with Gasteiger partial charge in [-0.25, -0.2) is 9.78 Å². The van der Waals surface area contributed by atoms with E-state index in [0.717, 1.165) is 5.56 Å². The standard InChI is InChI=1S/C39H49N5O7/c1-11-17-44(37(48)50-38(3,4)5)36-32(49-20-22-15-13-12-14-16-22)28-24(35(40-36)43(9)10)18-23-19-25-29(42(7)8)31-26(21(2)41-51-31)33(46)39(25,6)34(47)27(23)30(28)45/h12-16,23,25,27,29H,11,17-20H2,1-10H3. The van der Waals surface area contributed by atoms with Gasteiger partial charge in [-0.15, -0.1) is 0 Å². The molecule has 0 saturated heterocycles. The fourth-order valence-electron chi connectivity index (χ4n) is 8.27. The van der Waals surface area contributed by atoms with Crippen LogP contribution in [-0.2, 0) is 22.6 Å². The Hall–Kier alpha value is -4.58. The summed E-state index contributed by atoms with van der Waals surface area (Å²) in [6, 6.07) is 9.12. The first-order valence-electron chi connectivity index (χ1n) is 17.7. The Morgan fingerprint density at radius 2 is 1.73 bits per heavy atom. The summed E-state index contributed by atoms with van der Waals surface area (Å²) in [6.07, 6.45) is 0.729. The average Bonchev–Trinajstić information content (AvgIpc) is 3.44. The number of ether oxygens (including phenoxy) is 2. The van der Waals surface area contributed by atoms with E-state index in [4.69, 9.17) is 19.0 Å². The zero-order valence-electron chi connectivity index (χ0n) is 31.3. The third-order valence-corrected chi connectivity index (χ3v) is 10.5. The lowest BCUT2D eigenvalue weighted by molar-refractivity contribution is -0.140. The van der Waals surface area contributed by atoms with Crippen LogP contribution < -0.4 is 14.5 Å². The smallest absolute Gasteiger partial charge is 0.416 e. The molecule has 0 N–H and O–H groups in total. The number of benzene rings is 1. The predicted octanol–water partition coefficient (Wildman–Crippen LogP) is 6.24. The van der Waals surface area contributed by atoms with Crippen LogP contribution >= 0.6 is 0 Å². The number of ketones is 3. The van der Waals surface area contributed by atoms with Gasteiger partial charge in [-0.3, -0.25) is 24.2 Å². The molecule has 0 radical (unpaired) electrons. The maximum atomic E-state index is 15.2. The van der Waals surface area contributed by atoms with E-state index in [1.165, 1.54) is 4.90 Å². The Labute approximate surface area is 299 Å². The second-order valence-corrected chi connectivity index (χ2v) is 15.7. The number of carbonyl (C=O) groups excluding carboxylic acids is 4. The summed E-state index contributed by atoms with van der Waals surface area (Å²) in [7, 11) is 7.48. The molecule has 0 aliphatic heterocycles. The van der Waals surface area contributed by atoms with Crippen molar-refractivity contribution in [1.29, 1.82) is 0 Å². The molecule has 2 aromatic heterocycles. The van der Waals surface area contributed by atoms with Crippen molar-refractivity contribution in [2.24, 2.45) is 23.2 Å². The second kappa shape index (κ2) is 13.2. The molecule has 12 heteroatoms. The van der Waals surface area contributed by atoms with Gasteiger partial charge >= 0.3 is 6.09 Å². The molecule has 1 amide bonds. The van der Waals surface area contributed by atoms with Gasteiger partial charge in [0, 0.05) is 32.1 Å². The lowest BCUT2D eigenvalue weighted by Crippen LogP contribution is -2.60. The Morgan fingerprint density at radius 1 is 1.04 bits per heavy atom. The van der Waals surface area contributed by atoms with E-state index in [9.17, 15) is 14.4 Å². The molecule has 51 heavy (non-hydrogen) atoms. The van der Waals surface area contributed by atoms with Crippen LogP contribution in [0.15, 0.2) is 34.9 Å². The number of rotatable bonds is 8. The average molecular weight is 700 g/mol. The monoisotopic (exact) mass is 699 g/mol. The quantitative estimate of drug-likeness (QED) is 0.247. The van der Waals surface area contributed by atoms with E-state index in [0.29, 0.717) is 47.7 Å². The molecule has 1 aromatic carbocycles. The topological polar surface area (TPSA) is 135 Å². The largest absolute Gasteiger partial charge is 0.484 e. The molecular weight excluding hydrogens is 650 g/mol. The number of anilines is 2. The minimum Gasteiger partial charge on any atom is -0.484 e. The van der Waals surface area contributed by atoms with Crippen LogP contribution in [-0.4, -0.2) is 78.8 Å². The number of fused-ring (bicyclic) bond motifs is 4. The summed E-state index contributed by atoms with van der Waals surface area (Å²) in [5.74, 6) is -1.89. The van der Waals surface area contributed by atoms with Gasteiger partial charge in [0.2, 0.25) is 0 Å². The summed E-state index contributed by atoms with van der Waals surface area (Å²) in [6.45, 7) is 11.0. The third-order valence-electron chi connectivity index (χ3n) is 10.5. The van der Waals surface area contributed by atoms with Crippen LogP contribution in [0.3, 0.4) is 0 Å². The molecule has 12 nitrogen and oxygen atoms in total. The molecule has 5 unspecified atom stereocenters. The van der Waals surface area contributed by atoms with Crippen LogP contribution in [0.5, 0.6) is 5.75 Å². The van der Waals surface area contributed by atoms with Crippen molar-refractivity contribution < 1.29 is 33.2 Å². The minimum atomic E-state index is -1.48. The molecule has 2 heterocycles. The van der Waals surface area contributed by atoms with E-state index in [1.54, 1.807) is 34.6 Å². The fourth-order valence-corrected chi connectivity index (χ4v) is 8.27.